The fraction of sp³-hybridized carbons (Fsp3) is 0.429. The summed E-state index contributed by atoms with van der Waals surface area (Å²) < 4.78 is 21.7. The van der Waals surface area contributed by atoms with E-state index in [1.165, 1.54) is 30.6 Å². The third kappa shape index (κ3) is 4.65. The van der Waals surface area contributed by atoms with E-state index >= 15 is 0 Å². The maximum atomic E-state index is 12.4. The highest BCUT2D eigenvalue weighted by Gasteiger charge is 2.35. The van der Waals surface area contributed by atoms with Gasteiger partial charge in [-0.15, -0.1) is 0 Å². The van der Waals surface area contributed by atoms with Crippen LogP contribution in [0.15, 0.2) is 59.9 Å². The molecule has 3 aliphatic rings. The topological polar surface area (TPSA) is 74.3 Å². The number of hydrogen-bond acceptors (Lipinski definition) is 6. The lowest BCUT2D eigenvalue weighted by Gasteiger charge is -2.27. The molecule has 150 valence electrons. The van der Waals surface area contributed by atoms with Gasteiger partial charge in [0.25, 0.3) is 5.91 Å². The summed E-state index contributed by atoms with van der Waals surface area (Å²) >= 11 is 0. The lowest BCUT2D eigenvalue weighted by Crippen LogP contribution is -2.44. The highest BCUT2D eigenvalue weighted by atomic mass is 16.7. The Labute approximate surface area is 164 Å². The number of nitrogens with zero attached hydrogens (tertiary/aromatic N) is 1. The predicted octanol–water partition coefficient (Wildman–Crippen LogP) is 3.28. The van der Waals surface area contributed by atoms with Crippen LogP contribution >= 0.6 is 0 Å². The molecular weight excluding hydrogens is 362 g/mol. The number of carbonyl (C=O) groups is 2. The molecule has 7 heteroatoms. The van der Waals surface area contributed by atoms with E-state index in [2.05, 4.69) is 6.08 Å². The first-order valence-electron chi connectivity index (χ1n) is 9.34. The zero-order valence-electron chi connectivity index (χ0n) is 16.3. The molecule has 0 fully saturated rings. The molecule has 0 saturated heterocycles. The minimum absolute atomic E-state index is 0.146. The second kappa shape index (κ2) is 8.82. The highest BCUT2D eigenvalue weighted by molar-refractivity contribution is 5.94. The van der Waals surface area contributed by atoms with Crippen LogP contribution in [0.25, 0.3) is 0 Å². The van der Waals surface area contributed by atoms with Gasteiger partial charge in [-0.25, -0.2) is 4.79 Å². The SMILES string of the molecule is COC(=O)C(CC(C)C)N1CC(OC2=COC=C(C3=CC=CCC3)O2)=CC1=O. The third-order valence-corrected chi connectivity index (χ3v) is 4.55. The van der Waals surface area contributed by atoms with Gasteiger partial charge in [-0.05, 0) is 30.8 Å². The number of carbonyl (C=O) groups excluding carboxylic acids is 2. The molecule has 3 rings (SSSR count). The minimum atomic E-state index is -0.651. The molecule has 0 N–H and O–H groups in total. The number of ether oxygens (including phenoxy) is 4. The van der Waals surface area contributed by atoms with Crippen LogP contribution in [0.5, 0.6) is 0 Å². The molecule has 0 radical (unpaired) electrons. The Morgan fingerprint density at radius 2 is 2.14 bits per heavy atom. The Kier molecular flexibility index (Phi) is 6.23. The molecule has 1 unspecified atom stereocenters. The van der Waals surface area contributed by atoms with E-state index in [4.69, 9.17) is 18.9 Å². The van der Waals surface area contributed by atoms with Crippen molar-refractivity contribution < 1.29 is 28.5 Å². The quantitative estimate of drug-likeness (QED) is 0.624. The van der Waals surface area contributed by atoms with Crippen LogP contribution in [0, 0.1) is 5.92 Å². The molecule has 0 bridgehead atoms. The molecule has 0 saturated carbocycles. The first-order valence-corrected chi connectivity index (χ1v) is 9.34. The smallest absolute Gasteiger partial charge is 0.328 e. The number of hydrogen-bond donors (Lipinski definition) is 0. The van der Waals surface area contributed by atoms with Crippen molar-refractivity contribution in [2.75, 3.05) is 13.7 Å². The zero-order valence-corrected chi connectivity index (χ0v) is 16.3. The van der Waals surface area contributed by atoms with Gasteiger partial charge in [0.15, 0.2) is 12.0 Å². The van der Waals surface area contributed by atoms with Crippen molar-refractivity contribution in [3.63, 3.8) is 0 Å². The highest BCUT2D eigenvalue weighted by Crippen LogP contribution is 2.29. The molecule has 0 aromatic heterocycles. The predicted molar refractivity (Wildman–Crippen MR) is 101 cm³/mol. The van der Waals surface area contributed by atoms with Crippen LogP contribution in [-0.4, -0.2) is 36.5 Å². The zero-order chi connectivity index (χ0) is 20.1. The number of allylic oxidation sites excluding steroid dienone is 4. The number of rotatable bonds is 7. The number of amides is 1. The summed E-state index contributed by atoms with van der Waals surface area (Å²) in [5, 5.41) is 0. The van der Waals surface area contributed by atoms with Crippen molar-refractivity contribution >= 4 is 11.9 Å². The van der Waals surface area contributed by atoms with Gasteiger partial charge in [-0.2, -0.15) is 0 Å². The molecule has 1 amide bonds. The molecular formula is C21H25NO6. The van der Waals surface area contributed by atoms with E-state index in [0.717, 1.165) is 18.4 Å². The van der Waals surface area contributed by atoms with Gasteiger partial charge in [0.1, 0.15) is 18.1 Å². The summed E-state index contributed by atoms with van der Waals surface area (Å²) in [6, 6.07) is -0.651. The second-order valence-electron chi connectivity index (χ2n) is 7.16. The molecule has 7 nitrogen and oxygen atoms in total. The first-order chi connectivity index (χ1) is 13.5. The molecule has 0 spiro atoms. The summed E-state index contributed by atoms with van der Waals surface area (Å²) in [5.41, 5.74) is 1.01. The van der Waals surface area contributed by atoms with Crippen molar-refractivity contribution in [3.05, 3.63) is 59.9 Å². The molecule has 28 heavy (non-hydrogen) atoms. The fourth-order valence-electron chi connectivity index (χ4n) is 3.20. The van der Waals surface area contributed by atoms with E-state index in [0.29, 0.717) is 17.9 Å². The number of methoxy groups -OCH3 is 1. The first kappa shape index (κ1) is 19.8. The summed E-state index contributed by atoms with van der Waals surface area (Å²) in [7, 11) is 1.32. The fourth-order valence-corrected chi connectivity index (χ4v) is 3.20. The van der Waals surface area contributed by atoms with Crippen LogP contribution < -0.4 is 0 Å². The van der Waals surface area contributed by atoms with Gasteiger partial charge in [0, 0.05) is 6.08 Å². The van der Waals surface area contributed by atoms with E-state index < -0.39 is 12.0 Å². The van der Waals surface area contributed by atoms with E-state index in [9.17, 15) is 9.59 Å². The van der Waals surface area contributed by atoms with Crippen LogP contribution in [-0.2, 0) is 28.5 Å². The molecule has 2 aliphatic heterocycles. The standard InChI is InChI=1S/C21H25NO6/c1-14(2)9-17(21(24)25-3)22-11-16(10-19(22)23)27-20-13-26-12-18(28-20)15-7-5-4-6-8-15/h4-5,7,10,12-14,17H,6,8-9,11H2,1-3H3. The van der Waals surface area contributed by atoms with Crippen LogP contribution in [0.4, 0.5) is 0 Å². The Morgan fingerprint density at radius 1 is 1.32 bits per heavy atom. The lowest BCUT2D eigenvalue weighted by molar-refractivity contribution is -0.151. The normalized spacial score (nSPS) is 19.9. The van der Waals surface area contributed by atoms with Gasteiger partial charge >= 0.3 is 11.9 Å². The van der Waals surface area contributed by atoms with Gasteiger partial charge in [-0.1, -0.05) is 32.1 Å². The molecule has 0 aromatic rings. The summed E-state index contributed by atoms with van der Waals surface area (Å²) in [4.78, 5) is 26.0. The molecule has 2 heterocycles. The monoisotopic (exact) mass is 387 g/mol. The maximum absolute atomic E-state index is 12.4. The Balaban J connectivity index is 1.63. The van der Waals surface area contributed by atoms with Crippen molar-refractivity contribution in [1.29, 1.82) is 0 Å². The Hall–Kier alpha value is -2.96. The van der Waals surface area contributed by atoms with Crippen molar-refractivity contribution in [1.82, 2.24) is 4.90 Å². The van der Waals surface area contributed by atoms with E-state index in [1.807, 2.05) is 26.0 Å². The van der Waals surface area contributed by atoms with Gasteiger partial charge in [0.05, 0.1) is 13.7 Å². The Morgan fingerprint density at radius 3 is 2.82 bits per heavy atom. The van der Waals surface area contributed by atoms with Crippen LogP contribution in [0.3, 0.4) is 0 Å². The van der Waals surface area contributed by atoms with Gasteiger partial charge in [-0.3, -0.25) is 4.79 Å². The van der Waals surface area contributed by atoms with E-state index in [1.54, 1.807) is 0 Å². The Bertz CT molecular complexity index is 787. The molecule has 1 atom stereocenters. The largest absolute Gasteiger partial charge is 0.467 e. The molecule has 1 aliphatic carbocycles. The van der Waals surface area contributed by atoms with Crippen LogP contribution in [0.2, 0.25) is 0 Å². The van der Waals surface area contributed by atoms with E-state index in [-0.39, 0.29) is 24.3 Å². The average Bonchev–Trinajstić information content (AvgIpc) is 3.06. The van der Waals surface area contributed by atoms with Crippen LogP contribution in [0.1, 0.15) is 33.1 Å². The second-order valence-corrected chi connectivity index (χ2v) is 7.16. The minimum Gasteiger partial charge on any atom is -0.467 e. The number of esters is 1. The van der Waals surface area contributed by atoms with Crippen molar-refractivity contribution in [2.24, 2.45) is 5.92 Å². The molecule has 0 aromatic carbocycles. The summed E-state index contributed by atoms with van der Waals surface area (Å²) in [6.07, 6.45) is 12.5. The summed E-state index contributed by atoms with van der Waals surface area (Å²) in [6.45, 7) is 4.14. The third-order valence-electron chi connectivity index (χ3n) is 4.55. The van der Waals surface area contributed by atoms with Gasteiger partial charge < -0.3 is 23.8 Å². The van der Waals surface area contributed by atoms with Crippen molar-refractivity contribution in [3.8, 4) is 0 Å². The van der Waals surface area contributed by atoms with Gasteiger partial charge in [0.2, 0.25) is 0 Å². The average molecular weight is 387 g/mol. The van der Waals surface area contributed by atoms with Crippen molar-refractivity contribution in [2.45, 2.75) is 39.2 Å². The lowest BCUT2D eigenvalue weighted by atomic mass is 10.0. The maximum Gasteiger partial charge on any atom is 0.328 e. The summed E-state index contributed by atoms with van der Waals surface area (Å²) in [5.74, 6) is 0.611.